The van der Waals surface area contributed by atoms with Gasteiger partial charge in [-0.2, -0.15) is 0 Å². The molecular formula is C19H19N3O3S. The first-order valence-electron chi connectivity index (χ1n) is 8.15. The van der Waals surface area contributed by atoms with E-state index < -0.39 is 5.91 Å². The van der Waals surface area contributed by atoms with Gasteiger partial charge in [-0.15, -0.1) is 11.3 Å². The second kappa shape index (κ2) is 7.13. The van der Waals surface area contributed by atoms with Gasteiger partial charge in [0, 0.05) is 10.4 Å². The molecule has 2 heterocycles. The zero-order valence-electron chi connectivity index (χ0n) is 14.7. The summed E-state index contributed by atoms with van der Waals surface area (Å²) in [6, 6.07) is 11.0. The Bertz CT molecular complexity index is 958. The van der Waals surface area contributed by atoms with Crippen LogP contribution < -0.4 is 11.1 Å². The smallest absolute Gasteiger partial charge is 0.262 e. The van der Waals surface area contributed by atoms with Gasteiger partial charge in [0.05, 0.1) is 5.56 Å². The number of rotatable bonds is 5. The first kappa shape index (κ1) is 17.9. The number of aromatic nitrogens is 1. The Morgan fingerprint density at radius 2 is 1.92 bits per heavy atom. The average Bonchev–Trinajstić information content (AvgIpc) is 3.19. The van der Waals surface area contributed by atoms with Crippen molar-refractivity contribution in [1.29, 1.82) is 0 Å². The molecular weight excluding hydrogens is 350 g/mol. The Morgan fingerprint density at radius 1 is 1.23 bits per heavy atom. The summed E-state index contributed by atoms with van der Waals surface area (Å²) < 4.78 is 5.23. The molecule has 0 radical (unpaired) electrons. The van der Waals surface area contributed by atoms with Crippen LogP contribution in [0.1, 0.15) is 51.1 Å². The highest BCUT2D eigenvalue weighted by molar-refractivity contribution is 7.16. The first-order chi connectivity index (χ1) is 12.4. The molecule has 0 atom stereocenters. The lowest BCUT2D eigenvalue weighted by atomic mass is 10.1. The van der Waals surface area contributed by atoms with Crippen LogP contribution in [0.15, 0.2) is 40.9 Å². The van der Waals surface area contributed by atoms with Crippen molar-refractivity contribution in [3.63, 3.8) is 0 Å². The molecule has 0 aliphatic heterocycles. The summed E-state index contributed by atoms with van der Waals surface area (Å²) in [6.07, 6.45) is 0. The van der Waals surface area contributed by atoms with Crippen molar-refractivity contribution in [3.05, 3.63) is 58.2 Å². The van der Waals surface area contributed by atoms with Crippen LogP contribution in [-0.2, 0) is 0 Å². The van der Waals surface area contributed by atoms with E-state index in [-0.39, 0.29) is 11.8 Å². The maximum absolute atomic E-state index is 12.9. The van der Waals surface area contributed by atoms with E-state index in [2.05, 4.69) is 10.5 Å². The number of aryl methyl sites for hydroxylation is 1. The molecule has 0 saturated carbocycles. The summed E-state index contributed by atoms with van der Waals surface area (Å²) in [5, 5.41) is 7.25. The fourth-order valence-electron chi connectivity index (χ4n) is 2.57. The van der Waals surface area contributed by atoms with Crippen molar-refractivity contribution in [2.24, 2.45) is 5.73 Å². The highest BCUT2D eigenvalue weighted by atomic mass is 32.1. The van der Waals surface area contributed by atoms with Gasteiger partial charge < -0.3 is 15.6 Å². The van der Waals surface area contributed by atoms with Crippen molar-refractivity contribution in [2.45, 2.75) is 26.7 Å². The third-order valence-corrected chi connectivity index (χ3v) is 5.30. The number of anilines is 1. The molecule has 0 aliphatic carbocycles. The van der Waals surface area contributed by atoms with E-state index in [0.717, 1.165) is 10.4 Å². The van der Waals surface area contributed by atoms with Crippen LogP contribution in [-0.4, -0.2) is 17.0 Å². The highest BCUT2D eigenvalue weighted by Gasteiger charge is 2.24. The van der Waals surface area contributed by atoms with E-state index >= 15 is 0 Å². The summed E-state index contributed by atoms with van der Waals surface area (Å²) in [4.78, 5) is 25.6. The molecule has 1 aromatic carbocycles. The van der Waals surface area contributed by atoms with E-state index in [4.69, 9.17) is 10.3 Å². The molecule has 0 saturated heterocycles. The fraction of sp³-hybridized carbons (Fsp3) is 0.211. The van der Waals surface area contributed by atoms with Crippen LogP contribution in [0.4, 0.5) is 5.00 Å². The minimum Gasteiger partial charge on any atom is -0.366 e. The number of thiophene rings is 1. The van der Waals surface area contributed by atoms with Crippen molar-refractivity contribution in [1.82, 2.24) is 5.16 Å². The number of nitrogens with zero attached hydrogens (tertiary/aromatic N) is 1. The van der Waals surface area contributed by atoms with Crippen LogP contribution in [0.25, 0.3) is 11.3 Å². The largest absolute Gasteiger partial charge is 0.366 e. The molecule has 3 rings (SSSR count). The van der Waals surface area contributed by atoms with Gasteiger partial charge in [-0.1, -0.05) is 49.3 Å². The summed E-state index contributed by atoms with van der Waals surface area (Å²) in [7, 11) is 0. The third kappa shape index (κ3) is 3.39. The molecule has 2 aromatic heterocycles. The zero-order chi connectivity index (χ0) is 18.8. The SMILES string of the molecule is Cc1onc(-c2ccccc2)c1C(=O)Nc1sc(C(C)C)cc1C(N)=O. The number of hydrogen-bond acceptors (Lipinski definition) is 5. The van der Waals surface area contributed by atoms with Gasteiger partial charge >= 0.3 is 0 Å². The molecule has 7 heteroatoms. The number of carbonyl (C=O) groups excluding carboxylic acids is 2. The van der Waals surface area contributed by atoms with Crippen LogP contribution in [0.3, 0.4) is 0 Å². The lowest BCUT2D eigenvalue weighted by Gasteiger charge is -2.05. The quantitative estimate of drug-likeness (QED) is 0.704. The molecule has 0 spiro atoms. The number of primary amides is 1. The van der Waals surface area contributed by atoms with Gasteiger partial charge in [0.2, 0.25) is 0 Å². The Balaban J connectivity index is 1.98. The van der Waals surface area contributed by atoms with Crippen molar-refractivity contribution in [2.75, 3.05) is 5.32 Å². The molecule has 0 fully saturated rings. The summed E-state index contributed by atoms with van der Waals surface area (Å²) in [5.74, 6) is -0.334. The van der Waals surface area contributed by atoms with Gasteiger partial charge in [0.15, 0.2) is 0 Å². The second-order valence-electron chi connectivity index (χ2n) is 6.19. The molecule has 134 valence electrons. The standard InChI is InChI=1S/C19H19N3O3S/c1-10(2)14-9-13(17(20)23)19(26-14)21-18(24)15-11(3)25-22-16(15)12-7-5-4-6-8-12/h4-10H,1-3H3,(H2,20,23)(H,21,24). The fourth-order valence-corrected chi connectivity index (χ4v) is 3.63. The summed E-state index contributed by atoms with van der Waals surface area (Å²) in [5.41, 5.74) is 7.34. The highest BCUT2D eigenvalue weighted by Crippen LogP contribution is 2.34. The van der Waals surface area contributed by atoms with Crippen molar-refractivity contribution >= 4 is 28.2 Å². The van der Waals surface area contributed by atoms with Gasteiger partial charge in [0.25, 0.3) is 11.8 Å². The summed E-state index contributed by atoms with van der Waals surface area (Å²) >= 11 is 1.35. The molecule has 0 aliphatic rings. The topological polar surface area (TPSA) is 98.2 Å². The van der Waals surface area contributed by atoms with Crippen LogP contribution in [0.2, 0.25) is 0 Å². The Morgan fingerprint density at radius 3 is 2.54 bits per heavy atom. The van der Waals surface area contributed by atoms with E-state index in [0.29, 0.717) is 27.6 Å². The van der Waals surface area contributed by atoms with Crippen LogP contribution in [0, 0.1) is 6.92 Å². The molecule has 0 bridgehead atoms. The molecule has 3 N–H and O–H groups in total. The van der Waals surface area contributed by atoms with E-state index in [1.807, 2.05) is 44.2 Å². The maximum Gasteiger partial charge on any atom is 0.262 e. The van der Waals surface area contributed by atoms with Crippen LogP contribution >= 0.6 is 11.3 Å². The first-order valence-corrected chi connectivity index (χ1v) is 8.96. The predicted octanol–water partition coefficient (Wildman–Crippen LogP) is 4.19. The number of nitrogens with two attached hydrogens (primary N) is 1. The number of benzene rings is 1. The minimum absolute atomic E-state index is 0.223. The molecule has 26 heavy (non-hydrogen) atoms. The van der Waals surface area contributed by atoms with Gasteiger partial charge in [-0.25, -0.2) is 0 Å². The molecule has 0 unspecified atom stereocenters. The monoisotopic (exact) mass is 369 g/mol. The number of amides is 2. The van der Waals surface area contributed by atoms with E-state index in [1.165, 1.54) is 11.3 Å². The number of carbonyl (C=O) groups is 2. The van der Waals surface area contributed by atoms with E-state index in [1.54, 1.807) is 13.0 Å². The van der Waals surface area contributed by atoms with E-state index in [9.17, 15) is 9.59 Å². The Labute approximate surface area is 155 Å². The van der Waals surface area contributed by atoms with Crippen molar-refractivity contribution in [3.8, 4) is 11.3 Å². The second-order valence-corrected chi connectivity index (χ2v) is 7.28. The van der Waals surface area contributed by atoms with Crippen LogP contribution in [0.5, 0.6) is 0 Å². The number of nitrogens with one attached hydrogen (secondary N) is 1. The third-order valence-electron chi connectivity index (χ3n) is 3.95. The molecule has 2 amide bonds. The lowest BCUT2D eigenvalue weighted by Crippen LogP contribution is -2.17. The Kier molecular flexibility index (Phi) is 4.90. The number of hydrogen-bond donors (Lipinski definition) is 2. The zero-order valence-corrected chi connectivity index (χ0v) is 15.5. The minimum atomic E-state index is -0.575. The summed E-state index contributed by atoms with van der Waals surface area (Å²) in [6.45, 7) is 5.71. The lowest BCUT2D eigenvalue weighted by molar-refractivity contribution is 0.100. The van der Waals surface area contributed by atoms with Gasteiger partial charge in [-0.3, -0.25) is 9.59 Å². The van der Waals surface area contributed by atoms with Gasteiger partial charge in [-0.05, 0) is 18.9 Å². The normalized spacial score (nSPS) is 10.9. The van der Waals surface area contributed by atoms with Gasteiger partial charge in [0.1, 0.15) is 22.0 Å². The average molecular weight is 369 g/mol. The maximum atomic E-state index is 12.9. The molecule has 6 nitrogen and oxygen atoms in total. The Hall–Kier alpha value is -2.93. The predicted molar refractivity (Wildman–Crippen MR) is 102 cm³/mol. The van der Waals surface area contributed by atoms with Crippen molar-refractivity contribution < 1.29 is 14.1 Å². The molecule has 3 aromatic rings.